The van der Waals surface area contributed by atoms with Gasteiger partial charge in [-0.15, -0.1) is 10.2 Å². The number of rotatable bonds is 5. The fraction of sp³-hybridized carbons (Fsp3) is 0.368. The van der Waals surface area contributed by atoms with Crippen LogP contribution in [0.2, 0.25) is 0 Å². The quantitative estimate of drug-likeness (QED) is 0.723. The second-order valence-corrected chi connectivity index (χ2v) is 6.51. The summed E-state index contributed by atoms with van der Waals surface area (Å²) in [5.41, 5.74) is 2.52. The van der Waals surface area contributed by atoms with Gasteiger partial charge in [0.15, 0.2) is 0 Å². The Morgan fingerprint density at radius 1 is 1.08 bits per heavy atom. The molecule has 0 spiro atoms. The van der Waals surface area contributed by atoms with Crippen molar-refractivity contribution in [2.45, 2.75) is 31.8 Å². The molecule has 3 aromatic rings. The molecule has 0 saturated carbocycles. The standard InChI is InChI=1S/C19H22N4O/c1-2-5-16(6-3-1)12-23-15-20-21-19(23)18-7-4-9-22(13-18)11-17-8-10-24-14-17/h1-3,5-6,8,10,14-15,18H,4,7,9,11-13H2/t18-/m1/s1. The van der Waals surface area contributed by atoms with E-state index in [0.29, 0.717) is 5.92 Å². The maximum atomic E-state index is 5.19. The second-order valence-electron chi connectivity index (χ2n) is 6.51. The van der Waals surface area contributed by atoms with Crippen molar-refractivity contribution in [2.24, 2.45) is 0 Å². The van der Waals surface area contributed by atoms with Crippen molar-refractivity contribution in [1.29, 1.82) is 0 Å². The maximum Gasteiger partial charge on any atom is 0.137 e. The number of nitrogens with zero attached hydrogens (tertiary/aromatic N) is 4. The summed E-state index contributed by atoms with van der Waals surface area (Å²) in [6, 6.07) is 12.5. The summed E-state index contributed by atoms with van der Waals surface area (Å²) in [5, 5.41) is 8.61. The van der Waals surface area contributed by atoms with Crippen LogP contribution >= 0.6 is 0 Å². The first kappa shape index (κ1) is 15.1. The zero-order valence-corrected chi connectivity index (χ0v) is 13.7. The van der Waals surface area contributed by atoms with Crippen LogP contribution in [0.1, 0.15) is 35.7 Å². The van der Waals surface area contributed by atoms with Gasteiger partial charge in [0.2, 0.25) is 0 Å². The number of hydrogen-bond donors (Lipinski definition) is 0. The van der Waals surface area contributed by atoms with Crippen molar-refractivity contribution < 1.29 is 4.42 Å². The van der Waals surface area contributed by atoms with Crippen LogP contribution in [0.15, 0.2) is 59.7 Å². The van der Waals surface area contributed by atoms with Gasteiger partial charge in [-0.25, -0.2) is 0 Å². The highest BCUT2D eigenvalue weighted by atomic mass is 16.3. The average molecular weight is 322 g/mol. The van der Waals surface area contributed by atoms with E-state index in [9.17, 15) is 0 Å². The Bertz CT molecular complexity index is 751. The van der Waals surface area contributed by atoms with Gasteiger partial charge < -0.3 is 8.98 Å². The largest absolute Gasteiger partial charge is 0.472 e. The molecule has 2 aromatic heterocycles. The smallest absolute Gasteiger partial charge is 0.137 e. The van der Waals surface area contributed by atoms with E-state index in [1.807, 2.05) is 24.7 Å². The predicted molar refractivity (Wildman–Crippen MR) is 91.5 cm³/mol. The molecule has 0 amide bonds. The van der Waals surface area contributed by atoms with Crippen molar-refractivity contribution >= 4 is 0 Å². The van der Waals surface area contributed by atoms with Crippen LogP contribution in [-0.4, -0.2) is 32.8 Å². The third-order valence-corrected chi connectivity index (χ3v) is 4.70. The molecule has 1 aliphatic rings. The summed E-state index contributed by atoms with van der Waals surface area (Å²) in [6.07, 6.45) is 7.81. The molecule has 1 aliphatic heterocycles. The molecule has 0 N–H and O–H groups in total. The summed E-state index contributed by atoms with van der Waals surface area (Å²) in [7, 11) is 0. The number of benzene rings is 1. The van der Waals surface area contributed by atoms with Crippen molar-refractivity contribution in [3.63, 3.8) is 0 Å². The van der Waals surface area contributed by atoms with Gasteiger partial charge in [0.25, 0.3) is 0 Å². The Morgan fingerprint density at radius 2 is 2.00 bits per heavy atom. The summed E-state index contributed by atoms with van der Waals surface area (Å²) in [4.78, 5) is 2.49. The van der Waals surface area contributed by atoms with Crippen LogP contribution < -0.4 is 0 Å². The number of likely N-dealkylation sites (tertiary alicyclic amines) is 1. The molecule has 24 heavy (non-hydrogen) atoms. The summed E-state index contributed by atoms with van der Waals surface area (Å²) >= 11 is 0. The monoisotopic (exact) mass is 322 g/mol. The van der Waals surface area contributed by atoms with Crippen LogP contribution in [0, 0.1) is 0 Å². The number of piperidine rings is 1. The lowest BCUT2D eigenvalue weighted by Crippen LogP contribution is -2.34. The van der Waals surface area contributed by atoms with Gasteiger partial charge in [-0.3, -0.25) is 4.90 Å². The van der Waals surface area contributed by atoms with Gasteiger partial charge >= 0.3 is 0 Å². The lowest BCUT2D eigenvalue weighted by Gasteiger charge is -2.32. The Balaban J connectivity index is 1.46. The van der Waals surface area contributed by atoms with Crippen LogP contribution in [0.4, 0.5) is 0 Å². The highest BCUT2D eigenvalue weighted by Crippen LogP contribution is 2.26. The minimum absolute atomic E-state index is 0.442. The molecule has 4 rings (SSSR count). The van der Waals surface area contributed by atoms with E-state index in [4.69, 9.17) is 4.42 Å². The van der Waals surface area contributed by atoms with Gasteiger partial charge in [0, 0.05) is 24.6 Å². The van der Waals surface area contributed by atoms with Gasteiger partial charge in [0.05, 0.1) is 19.1 Å². The first-order valence-electron chi connectivity index (χ1n) is 8.53. The first-order valence-corrected chi connectivity index (χ1v) is 8.53. The second kappa shape index (κ2) is 7.01. The normalized spacial score (nSPS) is 18.8. The molecule has 0 radical (unpaired) electrons. The highest BCUT2D eigenvalue weighted by molar-refractivity contribution is 5.16. The van der Waals surface area contributed by atoms with Crippen molar-refractivity contribution in [1.82, 2.24) is 19.7 Å². The zero-order valence-electron chi connectivity index (χ0n) is 13.7. The minimum Gasteiger partial charge on any atom is -0.472 e. The van der Waals surface area contributed by atoms with E-state index >= 15 is 0 Å². The number of furan rings is 1. The number of aromatic nitrogens is 3. The van der Waals surface area contributed by atoms with Crippen LogP contribution in [0.5, 0.6) is 0 Å². The van der Waals surface area contributed by atoms with E-state index in [-0.39, 0.29) is 0 Å². The van der Waals surface area contributed by atoms with Gasteiger partial charge in [0.1, 0.15) is 12.2 Å². The van der Waals surface area contributed by atoms with Crippen LogP contribution in [0.3, 0.4) is 0 Å². The molecule has 1 fully saturated rings. The van der Waals surface area contributed by atoms with E-state index in [1.165, 1.54) is 24.0 Å². The van der Waals surface area contributed by atoms with E-state index < -0.39 is 0 Å². The Hall–Kier alpha value is -2.40. The Morgan fingerprint density at radius 3 is 2.83 bits per heavy atom. The molecule has 1 saturated heterocycles. The first-order chi connectivity index (χ1) is 11.9. The maximum absolute atomic E-state index is 5.19. The van der Waals surface area contributed by atoms with Crippen LogP contribution in [0.25, 0.3) is 0 Å². The summed E-state index contributed by atoms with van der Waals surface area (Å²) in [5.74, 6) is 1.55. The molecule has 0 unspecified atom stereocenters. The molecule has 1 aromatic carbocycles. The van der Waals surface area contributed by atoms with Crippen molar-refractivity contribution in [2.75, 3.05) is 13.1 Å². The Labute approximate surface area is 141 Å². The highest BCUT2D eigenvalue weighted by Gasteiger charge is 2.25. The Kier molecular flexibility index (Phi) is 4.42. The third kappa shape index (κ3) is 3.41. The van der Waals surface area contributed by atoms with Crippen molar-refractivity contribution in [3.8, 4) is 0 Å². The lowest BCUT2D eigenvalue weighted by molar-refractivity contribution is 0.194. The van der Waals surface area contributed by atoms with E-state index in [0.717, 1.165) is 32.0 Å². The molecule has 5 nitrogen and oxygen atoms in total. The molecular formula is C19H22N4O. The van der Waals surface area contributed by atoms with Crippen molar-refractivity contribution in [3.05, 3.63) is 72.2 Å². The van der Waals surface area contributed by atoms with Crippen LogP contribution in [-0.2, 0) is 13.1 Å². The fourth-order valence-electron chi connectivity index (χ4n) is 3.53. The number of hydrogen-bond acceptors (Lipinski definition) is 4. The molecule has 3 heterocycles. The minimum atomic E-state index is 0.442. The van der Waals surface area contributed by atoms with Gasteiger partial charge in [-0.05, 0) is 31.0 Å². The summed E-state index contributed by atoms with van der Waals surface area (Å²) in [6.45, 7) is 3.94. The third-order valence-electron chi connectivity index (χ3n) is 4.70. The molecular weight excluding hydrogens is 300 g/mol. The van der Waals surface area contributed by atoms with E-state index in [2.05, 4.69) is 43.9 Å². The van der Waals surface area contributed by atoms with E-state index in [1.54, 1.807) is 6.26 Å². The average Bonchev–Trinajstić information content (AvgIpc) is 3.28. The molecule has 1 atom stereocenters. The molecule has 0 aliphatic carbocycles. The van der Waals surface area contributed by atoms with Gasteiger partial charge in [-0.1, -0.05) is 30.3 Å². The lowest BCUT2D eigenvalue weighted by atomic mass is 9.96. The molecule has 5 heteroatoms. The summed E-state index contributed by atoms with van der Waals surface area (Å²) < 4.78 is 7.38. The zero-order chi connectivity index (χ0) is 16.2. The van der Waals surface area contributed by atoms with Gasteiger partial charge in [-0.2, -0.15) is 0 Å². The topological polar surface area (TPSA) is 47.1 Å². The molecule has 124 valence electrons. The predicted octanol–water partition coefficient (Wildman–Crippen LogP) is 3.30. The molecule has 0 bridgehead atoms. The SMILES string of the molecule is c1ccc(Cn2cnnc2[C@@H]2CCCN(Cc3ccoc3)C2)cc1. The fourth-order valence-corrected chi connectivity index (χ4v) is 3.53.